The Morgan fingerprint density at radius 2 is 1.65 bits per heavy atom. The number of carbonyl (C=O) groups excluding carboxylic acids is 1. The zero-order chi connectivity index (χ0) is 22.0. The van der Waals surface area contributed by atoms with E-state index in [9.17, 15) is 18.8 Å². The number of piperidine rings is 1. The maximum absolute atomic E-state index is 13.0. The lowest BCUT2D eigenvalue weighted by Crippen LogP contribution is -2.45. The van der Waals surface area contributed by atoms with Crippen LogP contribution in [-0.2, 0) is 6.54 Å². The van der Waals surface area contributed by atoms with Crippen LogP contribution in [0.4, 0.5) is 21.5 Å². The summed E-state index contributed by atoms with van der Waals surface area (Å²) in [6, 6.07) is 12.5. The Morgan fingerprint density at radius 3 is 2.29 bits per heavy atom. The number of amides is 1. The zero-order valence-electron chi connectivity index (χ0n) is 17.3. The fourth-order valence-electron chi connectivity index (χ4n) is 3.78. The van der Waals surface area contributed by atoms with Crippen molar-refractivity contribution in [2.75, 3.05) is 28.6 Å². The van der Waals surface area contributed by atoms with E-state index >= 15 is 0 Å². The highest BCUT2D eigenvalue weighted by molar-refractivity contribution is 6.04. The van der Waals surface area contributed by atoms with Crippen molar-refractivity contribution >= 4 is 23.0 Å². The highest BCUT2D eigenvalue weighted by Crippen LogP contribution is 2.26. The first-order valence-corrected chi connectivity index (χ1v) is 10.4. The summed E-state index contributed by atoms with van der Waals surface area (Å²) in [5, 5.41) is 5.81. The van der Waals surface area contributed by atoms with E-state index in [0.29, 0.717) is 35.1 Å². The smallest absolute Gasteiger partial charge is 0.255 e. The monoisotopic (exact) mass is 421 g/mol. The Bertz CT molecular complexity index is 1140. The van der Waals surface area contributed by atoms with Crippen LogP contribution >= 0.6 is 0 Å². The van der Waals surface area contributed by atoms with Crippen molar-refractivity contribution in [3.05, 3.63) is 85.9 Å². The van der Waals surface area contributed by atoms with Gasteiger partial charge in [0.05, 0.1) is 0 Å². The molecule has 0 atom stereocenters. The van der Waals surface area contributed by atoms with Crippen LogP contribution in [0.25, 0.3) is 0 Å². The molecule has 3 aromatic carbocycles. The van der Waals surface area contributed by atoms with Gasteiger partial charge in [0.25, 0.3) is 16.8 Å². The van der Waals surface area contributed by atoms with Crippen molar-refractivity contribution < 1.29 is 9.18 Å². The first-order valence-electron chi connectivity index (χ1n) is 10.4. The normalized spacial score (nSPS) is 14.6. The summed E-state index contributed by atoms with van der Waals surface area (Å²) < 4.78 is 13.0. The summed E-state index contributed by atoms with van der Waals surface area (Å²) >= 11 is 0. The molecule has 0 saturated carbocycles. The molecule has 1 aliphatic heterocycles. The molecule has 1 amide bonds. The zero-order valence-corrected chi connectivity index (χ0v) is 17.3. The lowest BCUT2D eigenvalue weighted by Gasteiger charge is -2.33. The Balaban J connectivity index is 1.37. The molecule has 7 heteroatoms. The van der Waals surface area contributed by atoms with E-state index < -0.39 is 10.9 Å². The molecular weight excluding hydrogens is 397 g/mol. The van der Waals surface area contributed by atoms with Gasteiger partial charge in [0.2, 0.25) is 0 Å². The van der Waals surface area contributed by atoms with Gasteiger partial charge >= 0.3 is 0 Å². The second kappa shape index (κ2) is 8.71. The molecular formula is C24H24FN3O3. The van der Waals surface area contributed by atoms with Crippen LogP contribution in [0.5, 0.6) is 0 Å². The van der Waals surface area contributed by atoms with Crippen LogP contribution in [0.15, 0.2) is 58.1 Å². The van der Waals surface area contributed by atoms with Gasteiger partial charge in [0, 0.05) is 30.9 Å². The molecule has 0 unspecified atom stereocenters. The Hall–Kier alpha value is -3.48. The molecule has 4 rings (SSSR count). The standard InChI is InChI=1S/C24H24FN3O3/c1-15-10-12-28(13-11-15)21-20(22(29)23(21)30)26-14-16-2-4-17(5-3-16)24(31)27-19-8-6-18(25)7-9-19/h2-9,15,26H,10-14H2,1H3,(H,27,31). The molecule has 1 fully saturated rings. The Morgan fingerprint density at radius 1 is 1.00 bits per heavy atom. The average Bonchev–Trinajstić information content (AvgIpc) is 2.79. The quantitative estimate of drug-likeness (QED) is 0.596. The SMILES string of the molecule is CC1CCN(c2c(NCc3ccc(C(=O)Nc4ccc(F)cc4)cc3)c(=O)c2=O)CC1. The molecule has 2 N–H and O–H groups in total. The third kappa shape index (κ3) is 4.50. The van der Waals surface area contributed by atoms with Gasteiger partial charge in [-0.3, -0.25) is 14.4 Å². The topological polar surface area (TPSA) is 78.5 Å². The number of hydrogen-bond donors (Lipinski definition) is 2. The molecule has 31 heavy (non-hydrogen) atoms. The first kappa shape index (κ1) is 20.8. The van der Waals surface area contributed by atoms with Gasteiger partial charge < -0.3 is 15.5 Å². The molecule has 0 bridgehead atoms. The summed E-state index contributed by atoms with van der Waals surface area (Å²) in [5.41, 5.74) is 1.87. The fourth-order valence-corrected chi connectivity index (χ4v) is 3.78. The maximum Gasteiger partial charge on any atom is 0.255 e. The van der Waals surface area contributed by atoms with Crippen LogP contribution in [0.3, 0.4) is 0 Å². The van der Waals surface area contributed by atoms with Crippen molar-refractivity contribution in [1.82, 2.24) is 0 Å². The third-order valence-electron chi connectivity index (χ3n) is 5.77. The van der Waals surface area contributed by atoms with Gasteiger partial charge in [-0.25, -0.2) is 4.39 Å². The predicted octanol–water partition coefficient (Wildman–Crippen LogP) is 3.52. The number of rotatable bonds is 6. The first-order chi connectivity index (χ1) is 14.9. The summed E-state index contributed by atoms with van der Waals surface area (Å²) in [6.45, 7) is 4.15. The van der Waals surface area contributed by atoms with E-state index in [1.165, 1.54) is 24.3 Å². The van der Waals surface area contributed by atoms with Gasteiger partial charge in [-0.1, -0.05) is 19.1 Å². The van der Waals surface area contributed by atoms with Gasteiger partial charge in [-0.2, -0.15) is 0 Å². The van der Waals surface area contributed by atoms with Crippen LogP contribution in [0.1, 0.15) is 35.7 Å². The van der Waals surface area contributed by atoms with E-state index in [2.05, 4.69) is 17.6 Å². The number of halogens is 1. The van der Waals surface area contributed by atoms with Gasteiger partial charge in [0.1, 0.15) is 17.2 Å². The number of nitrogens with zero attached hydrogens (tertiary/aromatic N) is 1. The van der Waals surface area contributed by atoms with Crippen LogP contribution < -0.4 is 26.4 Å². The van der Waals surface area contributed by atoms with Crippen molar-refractivity contribution in [2.45, 2.75) is 26.3 Å². The molecule has 6 nitrogen and oxygen atoms in total. The largest absolute Gasteiger partial charge is 0.376 e. The number of carbonyl (C=O) groups is 1. The number of anilines is 3. The number of nitrogens with one attached hydrogen (secondary N) is 2. The van der Waals surface area contributed by atoms with Crippen molar-refractivity contribution in [3.63, 3.8) is 0 Å². The predicted molar refractivity (Wildman–Crippen MR) is 120 cm³/mol. The molecule has 0 spiro atoms. The molecule has 0 radical (unpaired) electrons. The molecule has 1 heterocycles. The van der Waals surface area contributed by atoms with Gasteiger partial charge in [-0.15, -0.1) is 0 Å². The maximum atomic E-state index is 13.0. The molecule has 3 aromatic rings. The summed E-state index contributed by atoms with van der Waals surface area (Å²) in [5.74, 6) is -0.0252. The Kier molecular flexibility index (Phi) is 5.84. The van der Waals surface area contributed by atoms with Crippen molar-refractivity contribution in [1.29, 1.82) is 0 Å². The molecule has 160 valence electrons. The van der Waals surface area contributed by atoms with Gasteiger partial charge in [-0.05, 0) is 60.7 Å². The third-order valence-corrected chi connectivity index (χ3v) is 5.77. The van der Waals surface area contributed by atoms with E-state index in [1.54, 1.807) is 24.3 Å². The fraction of sp³-hybridized carbons (Fsp3) is 0.292. The van der Waals surface area contributed by atoms with Gasteiger partial charge in [0.15, 0.2) is 0 Å². The lowest BCUT2D eigenvalue weighted by molar-refractivity contribution is 0.102. The molecule has 0 aromatic heterocycles. The highest BCUT2D eigenvalue weighted by atomic mass is 19.1. The Labute approximate surface area is 179 Å². The minimum absolute atomic E-state index is 0.296. The minimum Gasteiger partial charge on any atom is -0.376 e. The second-order valence-corrected chi connectivity index (χ2v) is 8.06. The van der Waals surface area contributed by atoms with E-state index in [4.69, 9.17) is 0 Å². The molecule has 1 aliphatic rings. The van der Waals surface area contributed by atoms with Crippen LogP contribution in [0, 0.1) is 11.7 Å². The summed E-state index contributed by atoms with van der Waals surface area (Å²) in [6.07, 6.45) is 2.03. The summed E-state index contributed by atoms with van der Waals surface area (Å²) in [4.78, 5) is 38.5. The van der Waals surface area contributed by atoms with Crippen LogP contribution in [0.2, 0.25) is 0 Å². The van der Waals surface area contributed by atoms with E-state index in [0.717, 1.165) is 31.5 Å². The highest BCUT2D eigenvalue weighted by Gasteiger charge is 2.28. The van der Waals surface area contributed by atoms with E-state index in [-0.39, 0.29) is 11.7 Å². The van der Waals surface area contributed by atoms with E-state index in [1.807, 2.05) is 4.90 Å². The van der Waals surface area contributed by atoms with Crippen LogP contribution in [-0.4, -0.2) is 19.0 Å². The lowest BCUT2D eigenvalue weighted by atomic mass is 9.98. The average molecular weight is 421 g/mol. The van der Waals surface area contributed by atoms with Crippen molar-refractivity contribution in [3.8, 4) is 0 Å². The molecule has 0 aliphatic carbocycles. The minimum atomic E-state index is -0.469. The number of benzene rings is 2. The summed E-state index contributed by atoms with van der Waals surface area (Å²) in [7, 11) is 0. The molecule has 1 saturated heterocycles. The van der Waals surface area contributed by atoms with Crippen molar-refractivity contribution in [2.24, 2.45) is 5.92 Å². The second-order valence-electron chi connectivity index (χ2n) is 8.06. The number of hydrogen-bond acceptors (Lipinski definition) is 5.